The number of aromatic nitrogens is 1. The van der Waals surface area contributed by atoms with Crippen molar-refractivity contribution in [3.05, 3.63) is 34.3 Å². The summed E-state index contributed by atoms with van der Waals surface area (Å²) in [5.41, 5.74) is 1.41. The normalized spacial score (nSPS) is 15.1. The van der Waals surface area contributed by atoms with Gasteiger partial charge in [0.15, 0.2) is 5.58 Å². The second-order valence-electron chi connectivity index (χ2n) is 6.11. The number of carbonyl (C=O) groups is 2. The van der Waals surface area contributed by atoms with E-state index in [1.807, 2.05) is 13.8 Å². The lowest BCUT2D eigenvalue weighted by atomic mass is 10.1. The highest BCUT2D eigenvalue weighted by Crippen LogP contribution is 2.15. The first kappa shape index (κ1) is 16.1. The third kappa shape index (κ3) is 3.27. The molecule has 0 unspecified atom stereocenters. The minimum Gasteiger partial charge on any atom is -0.408 e. The number of urea groups is 1. The van der Waals surface area contributed by atoms with Gasteiger partial charge in [-0.3, -0.25) is 9.78 Å². The highest BCUT2D eigenvalue weighted by atomic mass is 16.4. The van der Waals surface area contributed by atoms with Gasteiger partial charge in [-0.15, -0.1) is 0 Å². The van der Waals surface area contributed by atoms with Gasteiger partial charge in [0.25, 0.3) is 5.91 Å². The number of hydrogen-bond donors (Lipinski definition) is 2. The predicted octanol–water partition coefficient (Wildman–Crippen LogP) is 0.997. The zero-order valence-corrected chi connectivity index (χ0v) is 13.7. The third-order valence-electron chi connectivity index (χ3n) is 3.93. The van der Waals surface area contributed by atoms with Gasteiger partial charge in [-0.2, -0.15) is 0 Å². The van der Waals surface area contributed by atoms with Crippen LogP contribution in [0.4, 0.5) is 4.79 Å². The van der Waals surface area contributed by atoms with Gasteiger partial charge < -0.3 is 19.5 Å². The first-order chi connectivity index (χ1) is 11.4. The minimum absolute atomic E-state index is 0.0843. The molecule has 1 aliphatic heterocycles. The van der Waals surface area contributed by atoms with Gasteiger partial charge in [-0.25, -0.2) is 9.59 Å². The van der Waals surface area contributed by atoms with E-state index >= 15 is 0 Å². The Morgan fingerprint density at radius 3 is 2.50 bits per heavy atom. The van der Waals surface area contributed by atoms with Gasteiger partial charge >= 0.3 is 11.8 Å². The van der Waals surface area contributed by atoms with Crippen LogP contribution in [0.5, 0.6) is 0 Å². The average molecular weight is 332 g/mol. The van der Waals surface area contributed by atoms with Crippen molar-refractivity contribution in [1.82, 2.24) is 20.1 Å². The molecule has 0 atom stereocenters. The Labute approximate surface area is 138 Å². The zero-order valence-electron chi connectivity index (χ0n) is 13.7. The lowest BCUT2D eigenvalue weighted by molar-refractivity contribution is 0.0664. The second kappa shape index (κ2) is 6.38. The van der Waals surface area contributed by atoms with Crippen LogP contribution in [-0.4, -0.2) is 58.9 Å². The maximum atomic E-state index is 12.6. The summed E-state index contributed by atoms with van der Waals surface area (Å²) in [5.74, 6) is -0.665. The number of H-pyrrole nitrogens is 1. The topological polar surface area (TPSA) is 98.7 Å². The van der Waals surface area contributed by atoms with E-state index in [-0.39, 0.29) is 18.0 Å². The van der Waals surface area contributed by atoms with Gasteiger partial charge in [0.2, 0.25) is 0 Å². The van der Waals surface area contributed by atoms with Crippen molar-refractivity contribution < 1.29 is 14.0 Å². The molecule has 1 aromatic heterocycles. The number of rotatable bonds is 2. The molecule has 0 aliphatic carbocycles. The molecule has 3 rings (SSSR count). The van der Waals surface area contributed by atoms with E-state index < -0.39 is 5.76 Å². The SMILES string of the molecule is CC(C)NC(=O)N1CCN(C(=O)c2ccc3oc(=O)[nH]c3c2)CC1. The molecule has 24 heavy (non-hydrogen) atoms. The van der Waals surface area contributed by atoms with Crippen molar-refractivity contribution in [2.75, 3.05) is 26.2 Å². The fourth-order valence-electron chi connectivity index (χ4n) is 2.72. The first-order valence-electron chi connectivity index (χ1n) is 7.91. The van der Waals surface area contributed by atoms with Crippen LogP contribution in [0.3, 0.4) is 0 Å². The molecule has 2 N–H and O–H groups in total. The van der Waals surface area contributed by atoms with Crippen molar-refractivity contribution in [2.45, 2.75) is 19.9 Å². The Hall–Kier alpha value is -2.77. The van der Waals surface area contributed by atoms with E-state index in [0.29, 0.717) is 42.8 Å². The third-order valence-corrected chi connectivity index (χ3v) is 3.93. The van der Waals surface area contributed by atoms with E-state index in [2.05, 4.69) is 10.3 Å². The number of nitrogens with zero attached hydrogens (tertiary/aromatic N) is 2. The molecule has 0 saturated carbocycles. The van der Waals surface area contributed by atoms with Crippen LogP contribution in [0.1, 0.15) is 24.2 Å². The number of oxazole rings is 1. The minimum atomic E-state index is -0.542. The standard InChI is InChI=1S/C16H20N4O4/c1-10(2)17-15(22)20-7-5-19(6-8-20)14(21)11-3-4-13-12(9-11)18-16(23)24-13/h3-4,9-10H,5-8H2,1-2H3,(H,17,22)(H,18,23). The summed E-state index contributed by atoms with van der Waals surface area (Å²) >= 11 is 0. The van der Waals surface area contributed by atoms with Crippen molar-refractivity contribution in [3.8, 4) is 0 Å². The first-order valence-corrected chi connectivity index (χ1v) is 7.91. The number of benzene rings is 1. The van der Waals surface area contributed by atoms with Gasteiger partial charge in [-0.1, -0.05) is 0 Å². The monoisotopic (exact) mass is 332 g/mol. The molecular weight excluding hydrogens is 312 g/mol. The zero-order chi connectivity index (χ0) is 17.3. The molecule has 8 heteroatoms. The molecule has 1 aromatic carbocycles. The molecule has 2 aromatic rings. The molecular formula is C16H20N4O4. The number of nitrogens with one attached hydrogen (secondary N) is 2. The Morgan fingerprint density at radius 1 is 1.17 bits per heavy atom. The van der Waals surface area contributed by atoms with Crippen LogP contribution in [-0.2, 0) is 0 Å². The Balaban J connectivity index is 1.65. The van der Waals surface area contributed by atoms with E-state index in [9.17, 15) is 14.4 Å². The van der Waals surface area contributed by atoms with E-state index in [4.69, 9.17) is 4.42 Å². The largest absolute Gasteiger partial charge is 0.417 e. The predicted molar refractivity (Wildman–Crippen MR) is 88.0 cm³/mol. The van der Waals surface area contributed by atoms with E-state index in [1.54, 1.807) is 28.0 Å². The van der Waals surface area contributed by atoms with Crippen molar-refractivity contribution >= 4 is 23.0 Å². The summed E-state index contributed by atoms with van der Waals surface area (Å²) in [6.45, 7) is 5.76. The quantitative estimate of drug-likeness (QED) is 0.857. The van der Waals surface area contributed by atoms with Crippen LogP contribution >= 0.6 is 0 Å². The molecule has 0 radical (unpaired) electrons. The Bertz CT molecular complexity index is 815. The molecule has 128 valence electrons. The summed E-state index contributed by atoms with van der Waals surface area (Å²) in [6, 6.07) is 4.84. The van der Waals surface area contributed by atoms with E-state index in [1.165, 1.54) is 0 Å². The molecule has 0 spiro atoms. The fourth-order valence-corrected chi connectivity index (χ4v) is 2.72. The molecule has 0 bridgehead atoms. The highest BCUT2D eigenvalue weighted by Gasteiger charge is 2.25. The fraction of sp³-hybridized carbons (Fsp3) is 0.438. The number of piperazine rings is 1. The molecule has 1 fully saturated rings. The molecule has 1 aliphatic rings. The van der Waals surface area contributed by atoms with Gasteiger partial charge in [0, 0.05) is 37.8 Å². The average Bonchev–Trinajstić information content (AvgIpc) is 2.92. The molecule has 2 heterocycles. The lowest BCUT2D eigenvalue weighted by Crippen LogP contribution is -2.54. The van der Waals surface area contributed by atoms with Crippen LogP contribution in [0.25, 0.3) is 11.1 Å². The summed E-state index contributed by atoms with van der Waals surface area (Å²) in [4.78, 5) is 41.7. The van der Waals surface area contributed by atoms with Crippen LogP contribution < -0.4 is 11.1 Å². The van der Waals surface area contributed by atoms with Crippen LogP contribution in [0.2, 0.25) is 0 Å². The summed E-state index contributed by atoms with van der Waals surface area (Å²) in [6.07, 6.45) is 0. The Kier molecular flexibility index (Phi) is 4.28. The van der Waals surface area contributed by atoms with E-state index in [0.717, 1.165) is 0 Å². The van der Waals surface area contributed by atoms with Crippen molar-refractivity contribution in [3.63, 3.8) is 0 Å². The van der Waals surface area contributed by atoms with Gasteiger partial charge in [-0.05, 0) is 32.0 Å². The lowest BCUT2D eigenvalue weighted by Gasteiger charge is -2.35. The number of aromatic amines is 1. The van der Waals surface area contributed by atoms with Crippen molar-refractivity contribution in [2.24, 2.45) is 0 Å². The van der Waals surface area contributed by atoms with Crippen LogP contribution in [0, 0.1) is 0 Å². The van der Waals surface area contributed by atoms with Crippen LogP contribution in [0.15, 0.2) is 27.4 Å². The number of amides is 3. The summed E-state index contributed by atoms with van der Waals surface area (Å²) in [5, 5.41) is 2.85. The number of hydrogen-bond acceptors (Lipinski definition) is 4. The molecule has 8 nitrogen and oxygen atoms in total. The number of carbonyl (C=O) groups excluding carboxylic acids is 2. The van der Waals surface area contributed by atoms with Crippen molar-refractivity contribution in [1.29, 1.82) is 0 Å². The van der Waals surface area contributed by atoms with Gasteiger partial charge in [0.1, 0.15) is 0 Å². The smallest absolute Gasteiger partial charge is 0.408 e. The highest BCUT2D eigenvalue weighted by molar-refractivity contribution is 5.97. The summed E-state index contributed by atoms with van der Waals surface area (Å²) in [7, 11) is 0. The Morgan fingerprint density at radius 2 is 1.83 bits per heavy atom. The maximum absolute atomic E-state index is 12.6. The summed E-state index contributed by atoms with van der Waals surface area (Å²) < 4.78 is 4.93. The number of fused-ring (bicyclic) bond motifs is 1. The second-order valence-corrected chi connectivity index (χ2v) is 6.11. The van der Waals surface area contributed by atoms with Gasteiger partial charge in [0.05, 0.1) is 5.52 Å². The molecule has 1 saturated heterocycles. The molecule has 3 amide bonds. The maximum Gasteiger partial charge on any atom is 0.417 e.